The zero-order valence-electron chi connectivity index (χ0n) is 17.5. The van der Waals surface area contributed by atoms with E-state index in [1.807, 2.05) is 29.2 Å². The SMILES string of the molecule is O=C(c1cc2nc(-c3cccc4[nH]ncc34)nc(N3CCOCC3)c2s1)N1CCNCC1. The van der Waals surface area contributed by atoms with Gasteiger partial charge in [0, 0.05) is 50.2 Å². The minimum Gasteiger partial charge on any atom is -0.378 e. The Morgan fingerprint density at radius 1 is 1.09 bits per heavy atom. The van der Waals surface area contributed by atoms with Gasteiger partial charge in [0.25, 0.3) is 5.91 Å². The van der Waals surface area contributed by atoms with Crippen molar-refractivity contribution in [1.29, 1.82) is 0 Å². The van der Waals surface area contributed by atoms with Crippen molar-refractivity contribution in [3.63, 3.8) is 0 Å². The number of hydrogen-bond acceptors (Lipinski definition) is 8. The summed E-state index contributed by atoms with van der Waals surface area (Å²) in [5.41, 5.74) is 2.67. The number of ether oxygens (including phenoxy) is 1. The van der Waals surface area contributed by atoms with Crippen molar-refractivity contribution in [3.05, 3.63) is 35.3 Å². The summed E-state index contributed by atoms with van der Waals surface area (Å²) in [7, 11) is 0. The second-order valence-electron chi connectivity index (χ2n) is 7.97. The van der Waals surface area contributed by atoms with Crippen molar-refractivity contribution < 1.29 is 9.53 Å². The van der Waals surface area contributed by atoms with Gasteiger partial charge in [0.1, 0.15) is 0 Å². The number of H-pyrrole nitrogens is 1. The lowest BCUT2D eigenvalue weighted by atomic mass is 10.1. The molecule has 32 heavy (non-hydrogen) atoms. The third-order valence-corrected chi connectivity index (χ3v) is 7.11. The summed E-state index contributed by atoms with van der Waals surface area (Å²) in [4.78, 5) is 27.9. The van der Waals surface area contributed by atoms with Crippen LogP contribution in [-0.2, 0) is 4.74 Å². The Kier molecular flexibility index (Phi) is 4.97. The Balaban J connectivity index is 1.49. The Bertz CT molecular complexity index is 1290. The molecule has 5 heterocycles. The van der Waals surface area contributed by atoms with Gasteiger partial charge in [0.05, 0.1) is 40.0 Å². The van der Waals surface area contributed by atoms with Gasteiger partial charge in [-0.15, -0.1) is 11.3 Å². The Morgan fingerprint density at radius 3 is 2.78 bits per heavy atom. The maximum Gasteiger partial charge on any atom is 0.264 e. The van der Waals surface area contributed by atoms with Gasteiger partial charge in [0.15, 0.2) is 11.6 Å². The number of hydrogen-bond donors (Lipinski definition) is 2. The van der Waals surface area contributed by atoms with Crippen LogP contribution in [0.4, 0.5) is 5.82 Å². The molecule has 0 atom stereocenters. The van der Waals surface area contributed by atoms with Gasteiger partial charge in [-0.25, -0.2) is 9.97 Å². The first-order chi connectivity index (χ1) is 15.8. The molecule has 0 saturated carbocycles. The predicted octanol–water partition coefficient (Wildman–Crippen LogP) is 2.12. The zero-order valence-corrected chi connectivity index (χ0v) is 18.3. The van der Waals surface area contributed by atoms with Crippen molar-refractivity contribution in [2.75, 3.05) is 57.4 Å². The molecule has 2 aliphatic rings. The van der Waals surface area contributed by atoms with Gasteiger partial charge in [0.2, 0.25) is 0 Å². The monoisotopic (exact) mass is 449 g/mol. The summed E-state index contributed by atoms with van der Waals surface area (Å²) < 4.78 is 6.51. The molecule has 6 rings (SSSR count). The highest BCUT2D eigenvalue weighted by Crippen LogP contribution is 2.36. The highest BCUT2D eigenvalue weighted by atomic mass is 32.1. The van der Waals surface area contributed by atoms with Crippen LogP contribution in [0.5, 0.6) is 0 Å². The van der Waals surface area contributed by atoms with Crippen LogP contribution in [0, 0.1) is 0 Å². The first-order valence-corrected chi connectivity index (χ1v) is 11.7. The first kappa shape index (κ1) is 19.6. The minimum atomic E-state index is 0.0703. The summed E-state index contributed by atoms with van der Waals surface area (Å²) in [5.74, 6) is 1.59. The van der Waals surface area contributed by atoms with Crippen LogP contribution in [-0.4, -0.2) is 83.5 Å². The molecule has 3 aromatic heterocycles. The average Bonchev–Trinajstić information content (AvgIpc) is 3.51. The van der Waals surface area contributed by atoms with Crippen molar-refractivity contribution >= 4 is 44.2 Å². The number of piperazine rings is 1. The van der Waals surface area contributed by atoms with E-state index in [0.717, 1.165) is 71.8 Å². The molecule has 2 fully saturated rings. The van der Waals surface area contributed by atoms with Crippen LogP contribution in [0.25, 0.3) is 32.5 Å². The number of aromatic amines is 1. The zero-order chi connectivity index (χ0) is 21.5. The Labute approximate surface area is 188 Å². The average molecular weight is 450 g/mol. The number of carbonyl (C=O) groups excluding carboxylic acids is 1. The molecule has 1 amide bonds. The fraction of sp³-hybridized carbons (Fsp3) is 0.364. The number of morpholine rings is 1. The Hall–Kier alpha value is -3.08. The van der Waals surface area contributed by atoms with Crippen LogP contribution >= 0.6 is 11.3 Å². The van der Waals surface area contributed by atoms with E-state index in [1.54, 1.807) is 6.20 Å². The van der Waals surface area contributed by atoms with Gasteiger partial charge in [-0.3, -0.25) is 9.89 Å². The number of carbonyl (C=O) groups is 1. The van der Waals surface area contributed by atoms with Crippen LogP contribution in [0.1, 0.15) is 9.67 Å². The number of fused-ring (bicyclic) bond motifs is 2. The summed E-state index contributed by atoms with van der Waals surface area (Å²) in [6, 6.07) is 7.91. The van der Waals surface area contributed by atoms with Gasteiger partial charge in [-0.1, -0.05) is 12.1 Å². The minimum absolute atomic E-state index is 0.0703. The van der Waals surface area contributed by atoms with Crippen molar-refractivity contribution in [2.45, 2.75) is 0 Å². The number of amides is 1. The molecule has 0 unspecified atom stereocenters. The summed E-state index contributed by atoms with van der Waals surface area (Å²) >= 11 is 1.49. The molecule has 0 spiro atoms. The highest BCUT2D eigenvalue weighted by molar-refractivity contribution is 7.21. The number of nitrogens with one attached hydrogen (secondary N) is 2. The molecule has 0 bridgehead atoms. The van der Waals surface area contributed by atoms with Gasteiger partial charge in [-0.05, 0) is 12.1 Å². The number of thiophene rings is 1. The van der Waals surface area contributed by atoms with Gasteiger partial charge in [-0.2, -0.15) is 5.10 Å². The molecule has 2 N–H and O–H groups in total. The van der Waals surface area contributed by atoms with Gasteiger partial charge < -0.3 is 19.9 Å². The molecule has 2 aliphatic heterocycles. The maximum absolute atomic E-state index is 13.2. The summed E-state index contributed by atoms with van der Waals surface area (Å²) in [5, 5.41) is 11.5. The molecule has 10 heteroatoms. The molecule has 9 nitrogen and oxygen atoms in total. The largest absolute Gasteiger partial charge is 0.378 e. The van der Waals surface area contributed by atoms with E-state index in [9.17, 15) is 4.79 Å². The molecule has 164 valence electrons. The predicted molar refractivity (Wildman–Crippen MR) is 124 cm³/mol. The number of benzene rings is 1. The second kappa shape index (κ2) is 8.12. The van der Waals surface area contributed by atoms with Crippen LogP contribution < -0.4 is 10.2 Å². The molecular formula is C22H23N7O2S. The number of nitrogens with zero attached hydrogens (tertiary/aromatic N) is 5. The third-order valence-electron chi connectivity index (χ3n) is 6.01. The molecule has 0 aliphatic carbocycles. The van der Waals surface area contributed by atoms with Crippen molar-refractivity contribution in [3.8, 4) is 11.4 Å². The van der Waals surface area contributed by atoms with E-state index in [2.05, 4.69) is 20.4 Å². The van der Waals surface area contributed by atoms with Crippen molar-refractivity contribution in [2.24, 2.45) is 0 Å². The van der Waals surface area contributed by atoms with E-state index in [-0.39, 0.29) is 5.91 Å². The maximum atomic E-state index is 13.2. The van der Waals surface area contributed by atoms with E-state index in [1.165, 1.54) is 11.3 Å². The fourth-order valence-electron chi connectivity index (χ4n) is 4.32. The summed E-state index contributed by atoms with van der Waals surface area (Å²) in [6.45, 7) is 5.96. The second-order valence-corrected chi connectivity index (χ2v) is 9.03. The number of aromatic nitrogens is 4. The standard InChI is InChI=1S/C22H23N7O2S/c30-22(29-6-4-23-5-7-29)18-12-17-19(32-18)21(28-8-10-31-11-9-28)26-20(25-17)14-2-1-3-16-15(14)13-24-27-16/h1-3,12-13,23H,4-11H2,(H,24,27). The van der Waals surface area contributed by atoms with Crippen LogP contribution in [0.15, 0.2) is 30.5 Å². The topological polar surface area (TPSA) is 99.3 Å². The van der Waals surface area contributed by atoms with Crippen LogP contribution in [0.3, 0.4) is 0 Å². The van der Waals surface area contributed by atoms with Crippen molar-refractivity contribution in [1.82, 2.24) is 30.4 Å². The highest BCUT2D eigenvalue weighted by Gasteiger charge is 2.25. The van der Waals surface area contributed by atoms with E-state index >= 15 is 0 Å². The fourth-order valence-corrected chi connectivity index (χ4v) is 5.40. The quantitative estimate of drug-likeness (QED) is 0.494. The van der Waals surface area contributed by atoms with E-state index in [4.69, 9.17) is 14.7 Å². The molecule has 2 saturated heterocycles. The first-order valence-electron chi connectivity index (χ1n) is 10.8. The Morgan fingerprint density at radius 2 is 1.94 bits per heavy atom. The molecule has 4 aromatic rings. The third kappa shape index (κ3) is 3.40. The normalized spacial score (nSPS) is 17.4. The summed E-state index contributed by atoms with van der Waals surface area (Å²) in [6.07, 6.45) is 1.81. The van der Waals surface area contributed by atoms with Crippen LogP contribution in [0.2, 0.25) is 0 Å². The lowest BCUT2D eigenvalue weighted by Gasteiger charge is -2.28. The lowest BCUT2D eigenvalue weighted by Crippen LogP contribution is -2.46. The molecule has 1 aromatic carbocycles. The number of anilines is 1. The van der Waals surface area contributed by atoms with E-state index < -0.39 is 0 Å². The van der Waals surface area contributed by atoms with Gasteiger partial charge >= 0.3 is 0 Å². The molecule has 0 radical (unpaired) electrons. The number of rotatable bonds is 3. The molecular weight excluding hydrogens is 426 g/mol. The smallest absolute Gasteiger partial charge is 0.264 e. The van der Waals surface area contributed by atoms with E-state index in [0.29, 0.717) is 23.9 Å². The lowest BCUT2D eigenvalue weighted by molar-refractivity contribution is 0.0741.